The molecule has 3 N–H and O–H groups in total. The smallest absolute Gasteiger partial charge is 0.319 e. The quantitative estimate of drug-likeness (QED) is 0.787. The van der Waals surface area contributed by atoms with Crippen LogP contribution in [0.5, 0.6) is 0 Å². The Bertz CT molecular complexity index is 657. The van der Waals surface area contributed by atoms with Crippen molar-refractivity contribution in [3.63, 3.8) is 0 Å². The number of nitrogens with zero attached hydrogens (tertiary/aromatic N) is 1. The molecule has 0 radical (unpaired) electrons. The van der Waals surface area contributed by atoms with Crippen molar-refractivity contribution in [3.8, 4) is 0 Å². The van der Waals surface area contributed by atoms with Crippen LogP contribution in [0.25, 0.3) is 10.9 Å². The maximum atomic E-state index is 11.7. The molecule has 0 fully saturated rings. The lowest BCUT2D eigenvalue weighted by molar-refractivity contribution is -0.137. The summed E-state index contributed by atoms with van der Waals surface area (Å²) in [7, 11) is 0. The minimum Gasteiger partial charge on any atom is -0.481 e. The van der Waals surface area contributed by atoms with Gasteiger partial charge in [-0.15, -0.1) is 0 Å². The molecule has 0 saturated heterocycles. The Morgan fingerprint density at radius 1 is 1.33 bits per heavy atom. The Morgan fingerprint density at radius 3 is 2.86 bits per heavy atom. The molecule has 1 atom stereocenters. The van der Waals surface area contributed by atoms with E-state index < -0.39 is 5.97 Å². The second kappa shape index (κ2) is 6.69. The summed E-state index contributed by atoms with van der Waals surface area (Å²) in [6, 6.07) is 9.08. The monoisotopic (exact) mass is 287 g/mol. The number of amides is 2. The number of carboxylic acids is 1. The van der Waals surface area contributed by atoms with Crippen LogP contribution in [-0.4, -0.2) is 28.6 Å². The van der Waals surface area contributed by atoms with Gasteiger partial charge in [0, 0.05) is 18.4 Å². The van der Waals surface area contributed by atoms with Crippen molar-refractivity contribution in [1.29, 1.82) is 0 Å². The van der Waals surface area contributed by atoms with Crippen molar-refractivity contribution in [1.82, 2.24) is 10.3 Å². The number of hydrogen-bond donors (Lipinski definition) is 3. The van der Waals surface area contributed by atoms with E-state index >= 15 is 0 Å². The molecule has 21 heavy (non-hydrogen) atoms. The summed E-state index contributed by atoms with van der Waals surface area (Å²) in [4.78, 5) is 26.5. The highest BCUT2D eigenvalue weighted by molar-refractivity contribution is 5.91. The van der Waals surface area contributed by atoms with E-state index in [-0.39, 0.29) is 18.4 Å². The summed E-state index contributed by atoms with van der Waals surface area (Å²) in [5, 5.41) is 14.9. The van der Waals surface area contributed by atoms with Crippen molar-refractivity contribution >= 4 is 28.6 Å². The molecule has 2 amide bonds. The minimum absolute atomic E-state index is 0.0256. The van der Waals surface area contributed by atoms with Gasteiger partial charge in [-0.05, 0) is 18.1 Å². The van der Waals surface area contributed by atoms with E-state index in [1.54, 1.807) is 13.1 Å². The lowest BCUT2D eigenvalue weighted by Crippen LogP contribution is -2.33. The zero-order valence-corrected chi connectivity index (χ0v) is 11.7. The van der Waals surface area contributed by atoms with Crippen LogP contribution < -0.4 is 10.6 Å². The fourth-order valence-corrected chi connectivity index (χ4v) is 1.95. The second-order valence-corrected chi connectivity index (χ2v) is 4.95. The molecule has 1 heterocycles. The molecule has 0 spiro atoms. The number of anilines is 1. The number of carbonyl (C=O) groups is 2. The number of hydrogen-bond acceptors (Lipinski definition) is 3. The Labute approximate surface area is 122 Å². The number of rotatable bonds is 5. The molecule has 0 aliphatic heterocycles. The number of aromatic nitrogens is 1. The van der Waals surface area contributed by atoms with Gasteiger partial charge in [-0.3, -0.25) is 9.78 Å². The molecule has 0 aliphatic rings. The van der Waals surface area contributed by atoms with E-state index in [2.05, 4.69) is 15.6 Å². The number of pyridine rings is 1. The maximum absolute atomic E-state index is 11.7. The molecule has 0 saturated carbocycles. The fourth-order valence-electron chi connectivity index (χ4n) is 1.95. The number of urea groups is 1. The average molecular weight is 287 g/mol. The maximum Gasteiger partial charge on any atom is 0.319 e. The van der Waals surface area contributed by atoms with E-state index in [1.165, 1.54) is 0 Å². The summed E-state index contributed by atoms with van der Waals surface area (Å²) < 4.78 is 0. The van der Waals surface area contributed by atoms with Gasteiger partial charge in [0.25, 0.3) is 0 Å². The van der Waals surface area contributed by atoms with Crippen molar-refractivity contribution in [2.75, 3.05) is 11.9 Å². The molecule has 6 heteroatoms. The summed E-state index contributed by atoms with van der Waals surface area (Å²) in [6.45, 7) is 2.07. The number of carbonyl (C=O) groups excluding carboxylic acids is 1. The summed E-state index contributed by atoms with van der Waals surface area (Å²) in [5.41, 5.74) is 1.45. The van der Waals surface area contributed by atoms with Crippen molar-refractivity contribution in [3.05, 3.63) is 36.5 Å². The van der Waals surface area contributed by atoms with Crippen molar-refractivity contribution in [2.45, 2.75) is 13.3 Å². The topological polar surface area (TPSA) is 91.3 Å². The first-order chi connectivity index (χ1) is 10.0. The molecular weight excluding hydrogens is 270 g/mol. The average Bonchev–Trinajstić information content (AvgIpc) is 2.44. The third-order valence-corrected chi connectivity index (χ3v) is 2.98. The van der Waals surface area contributed by atoms with Crippen LogP contribution in [0.4, 0.5) is 10.5 Å². The highest BCUT2D eigenvalue weighted by Crippen LogP contribution is 2.15. The summed E-state index contributed by atoms with van der Waals surface area (Å²) >= 11 is 0. The molecule has 6 nitrogen and oxygen atoms in total. The Balaban J connectivity index is 1.90. The number of fused-ring (bicyclic) bond motifs is 1. The number of nitrogens with one attached hydrogen (secondary N) is 2. The lowest BCUT2D eigenvalue weighted by Gasteiger charge is -2.11. The molecule has 2 aromatic rings. The molecule has 0 bridgehead atoms. The lowest BCUT2D eigenvalue weighted by atomic mass is 10.1. The van der Waals surface area contributed by atoms with Gasteiger partial charge in [0.2, 0.25) is 0 Å². The van der Waals surface area contributed by atoms with Gasteiger partial charge in [-0.25, -0.2) is 4.79 Å². The third kappa shape index (κ3) is 4.45. The Kier molecular flexibility index (Phi) is 4.71. The number of benzene rings is 1. The molecule has 1 aromatic carbocycles. The van der Waals surface area contributed by atoms with Crippen molar-refractivity contribution < 1.29 is 14.7 Å². The summed E-state index contributed by atoms with van der Waals surface area (Å²) in [5.74, 6) is -0.994. The molecule has 1 aromatic heterocycles. The molecule has 1 unspecified atom stereocenters. The molecule has 0 aliphatic carbocycles. The Morgan fingerprint density at radius 2 is 2.10 bits per heavy atom. The van der Waals surface area contributed by atoms with E-state index in [0.717, 1.165) is 10.9 Å². The van der Waals surface area contributed by atoms with Crippen LogP contribution in [0, 0.1) is 5.92 Å². The van der Waals surface area contributed by atoms with Gasteiger partial charge >= 0.3 is 12.0 Å². The van der Waals surface area contributed by atoms with E-state index in [4.69, 9.17) is 5.11 Å². The van der Waals surface area contributed by atoms with Crippen molar-refractivity contribution in [2.24, 2.45) is 5.92 Å². The molecule has 2 rings (SSSR count). The first kappa shape index (κ1) is 14.8. The Hall–Kier alpha value is -2.63. The standard InChI is InChI=1S/C15H17N3O3/c1-10(6-14(19)20)8-17-15(21)18-12-7-11-4-2-3-5-13(11)16-9-12/h2-5,7,9-10H,6,8H2,1H3,(H,19,20)(H2,17,18,21). The largest absolute Gasteiger partial charge is 0.481 e. The zero-order valence-electron chi connectivity index (χ0n) is 11.7. The van der Waals surface area contributed by atoms with Gasteiger partial charge in [0.1, 0.15) is 0 Å². The second-order valence-electron chi connectivity index (χ2n) is 4.95. The molecule has 110 valence electrons. The van der Waals surface area contributed by atoms with E-state index in [0.29, 0.717) is 12.2 Å². The van der Waals surface area contributed by atoms with Gasteiger partial charge in [0.15, 0.2) is 0 Å². The highest BCUT2D eigenvalue weighted by atomic mass is 16.4. The van der Waals surface area contributed by atoms with Gasteiger partial charge in [-0.1, -0.05) is 25.1 Å². The zero-order chi connectivity index (χ0) is 15.2. The van der Waals surface area contributed by atoms with Gasteiger partial charge in [0.05, 0.1) is 17.4 Å². The minimum atomic E-state index is -0.872. The normalized spacial score (nSPS) is 11.9. The number of para-hydroxylation sites is 1. The van der Waals surface area contributed by atoms with Crippen LogP contribution in [0.2, 0.25) is 0 Å². The van der Waals surface area contributed by atoms with E-state index in [1.807, 2.05) is 30.3 Å². The third-order valence-electron chi connectivity index (χ3n) is 2.98. The van der Waals surface area contributed by atoms with E-state index in [9.17, 15) is 9.59 Å². The van der Waals surface area contributed by atoms with Crippen LogP contribution in [0.3, 0.4) is 0 Å². The molecular formula is C15H17N3O3. The number of carboxylic acid groups (broad SMARTS) is 1. The first-order valence-electron chi connectivity index (χ1n) is 6.66. The van der Waals surface area contributed by atoms with Gasteiger partial charge in [-0.2, -0.15) is 0 Å². The van der Waals surface area contributed by atoms with Gasteiger partial charge < -0.3 is 15.7 Å². The SMILES string of the molecule is CC(CNC(=O)Nc1cnc2ccccc2c1)CC(=O)O. The predicted molar refractivity (Wildman–Crippen MR) is 80.2 cm³/mol. The predicted octanol–water partition coefficient (Wildman–Crippen LogP) is 2.47. The van der Waals surface area contributed by atoms with Crippen LogP contribution in [0.15, 0.2) is 36.5 Å². The van der Waals surface area contributed by atoms with Crippen LogP contribution >= 0.6 is 0 Å². The highest BCUT2D eigenvalue weighted by Gasteiger charge is 2.09. The first-order valence-corrected chi connectivity index (χ1v) is 6.66. The van der Waals surface area contributed by atoms with Crippen LogP contribution in [-0.2, 0) is 4.79 Å². The number of aliphatic carboxylic acids is 1. The fraction of sp³-hybridized carbons (Fsp3) is 0.267. The van der Waals surface area contributed by atoms with Crippen LogP contribution in [0.1, 0.15) is 13.3 Å². The summed E-state index contributed by atoms with van der Waals surface area (Å²) in [6.07, 6.45) is 1.61.